The summed E-state index contributed by atoms with van der Waals surface area (Å²) in [5.74, 6) is 0. The van der Waals surface area contributed by atoms with Crippen molar-refractivity contribution in [3.05, 3.63) is 58.6 Å². The van der Waals surface area contributed by atoms with E-state index in [0.29, 0.717) is 5.02 Å². The zero-order valence-electron chi connectivity index (χ0n) is 13.5. The van der Waals surface area contributed by atoms with E-state index >= 15 is 0 Å². The molecule has 120 valence electrons. The lowest BCUT2D eigenvalue weighted by molar-refractivity contribution is 0.254. The van der Waals surface area contributed by atoms with Crippen molar-refractivity contribution < 1.29 is 0 Å². The maximum absolute atomic E-state index is 5.87. The van der Waals surface area contributed by atoms with Crippen molar-refractivity contribution in [3.8, 4) is 0 Å². The van der Waals surface area contributed by atoms with Crippen molar-refractivity contribution in [1.82, 2.24) is 5.01 Å². The molecule has 0 amide bonds. The van der Waals surface area contributed by atoms with Crippen molar-refractivity contribution in [1.29, 1.82) is 0 Å². The second kappa shape index (κ2) is 7.01. The van der Waals surface area contributed by atoms with Gasteiger partial charge in [-0.25, -0.2) is 0 Å². The van der Waals surface area contributed by atoms with Gasteiger partial charge in [-0.2, -0.15) is 0 Å². The molecule has 0 spiro atoms. The maximum Gasteiger partial charge on any atom is 0.0875 e. The standard InChI is InChI=1S/C18H21ClN4/c1-14-4-3-5-18(15(14)2)22-10-12-23(13-11-22)21-20-17-8-6-16(19)7-9-17/h3-9H,10-13H2,1-2H3/b21-20+. The molecule has 1 saturated heterocycles. The second-order valence-corrected chi connectivity index (χ2v) is 6.26. The first-order valence-electron chi connectivity index (χ1n) is 7.87. The van der Waals surface area contributed by atoms with Gasteiger partial charge in [0.15, 0.2) is 0 Å². The predicted molar refractivity (Wildman–Crippen MR) is 95.7 cm³/mol. The fourth-order valence-electron chi connectivity index (χ4n) is 2.73. The molecule has 23 heavy (non-hydrogen) atoms. The van der Waals surface area contributed by atoms with E-state index in [1.54, 1.807) is 0 Å². The highest BCUT2D eigenvalue weighted by Crippen LogP contribution is 2.24. The maximum atomic E-state index is 5.87. The number of benzene rings is 2. The summed E-state index contributed by atoms with van der Waals surface area (Å²) in [6.07, 6.45) is 0. The lowest BCUT2D eigenvalue weighted by Crippen LogP contribution is -2.44. The molecular weight excluding hydrogens is 308 g/mol. The number of aryl methyl sites for hydroxylation is 1. The minimum atomic E-state index is 0.714. The molecule has 1 heterocycles. The lowest BCUT2D eigenvalue weighted by atomic mass is 10.1. The fraction of sp³-hybridized carbons (Fsp3) is 0.333. The zero-order valence-corrected chi connectivity index (χ0v) is 14.3. The van der Waals surface area contributed by atoms with Gasteiger partial charge in [0, 0.05) is 23.8 Å². The van der Waals surface area contributed by atoms with Crippen LogP contribution in [0.15, 0.2) is 52.8 Å². The van der Waals surface area contributed by atoms with Crippen LogP contribution >= 0.6 is 11.6 Å². The predicted octanol–water partition coefficient (Wildman–Crippen LogP) is 4.78. The highest BCUT2D eigenvalue weighted by molar-refractivity contribution is 6.30. The molecule has 0 radical (unpaired) electrons. The molecule has 4 nitrogen and oxygen atoms in total. The molecule has 0 aromatic heterocycles. The lowest BCUT2D eigenvalue weighted by Gasteiger charge is -2.35. The Bertz CT molecular complexity index is 689. The first-order valence-corrected chi connectivity index (χ1v) is 8.24. The number of rotatable bonds is 3. The van der Waals surface area contributed by atoms with Gasteiger partial charge in [0.2, 0.25) is 0 Å². The minimum Gasteiger partial charge on any atom is -0.368 e. The van der Waals surface area contributed by atoms with Crippen LogP contribution in [0.2, 0.25) is 5.02 Å². The Balaban J connectivity index is 1.60. The molecule has 0 N–H and O–H groups in total. The van der Waals surface area contributed by atoms with Crippen LogP contribution < -0.4 is 4.90 Å². The van der Waals surface area contributed by atoms with Crippen molar-refractivity contribution in [2.45, 2.75) is 13.8 Å². The Morgan fingerprint density at radius 2 is 1.61 bits per heavy atom. The summed E-state index contributed by atoms with van der Waals surface area (Å²) in [6, 6.07) is 13.9. The third kappa shape index (κ3) is 3.82. The average Bonchev–Trinajstić information content (AvgIpc) is 2.57. The quantitative estimate of drug-likeness (QED) is 0.759. The summed E-state index contributed by atoms with van der Waals surface area (Å²) in [7, 11) is 0. The Kier molecular flexibility index (Phi) is 4.82. The molecule has 2 aromatic carbocycles. The summed E-state index contributed by atoms with van der Waals surface area (Å²) in [5, 5.41) is 11.4. The summed E-state index contributed by atoms with van der Waals surface area (Å²) in [5.41, 5.74) is 4.86. The largest absolute Gasteiger partial charge is 0.368 e. The third-order valence-corrected chi connectivity index (χ3v) is 4.54. The van der Waals surface area contributed by atoms with Crippen LogP contribution in [-0.4, -0.2) is 31.2 Å². The molecule has 3 rings (SSSR count). The molecule has 0 atom stereocenters. The molecule has 1 fully saturated rings. The number of hydrogen-bond donors (Lipinski definition) is 0. The van der Waals surface area contributed by atoms with Crippen LogP contribution in [0, 0.1) is 13.8 Å². The smallest absolute Gasteiger partial charge is 0.0875 e. The second-order valence-electron chi connectivity index (χ2n) is 5.83. The fourth-order valence-corrected chi connectivity index (χ4v) is 2.85. The van der Waals surface area contributed by atoms with Crippen molar-refractivity contribution in [2.24, 2.45) is 10.3 Å². The van der Waals surface area contributed by atoms with Gasteiger partial charge in [-0.05, 0) is 55.3 Å². The number of anilines is 1. The highest BCUT2D eigenvalue weighted by Gasteiger charge is 2.17. The van der Waals surface area contributed by atoms with E-state index < -0.39 is 0 Å². The minimum absolute atomic E-state index is 0.714. The molecule has 0 saturated carbocycles. The van der Waals surface area contributed by atoms with Gasteiger partial charge < -0.3 is 4.90 Å². The van der Waals surface area contributed by atoms with Crippen LogP contribution in [0.3, 0.4) is 0 Å². The number of hydrogen-bond acceptors (Lipinski definition) is 3. The topological polar surface area (TPSA) is 31.2 Å². The number of piperazine rings is 1. The first kappa shape index (κ1) is 15.8. The normalized spacial score (nSPS) is 15.4. The Morgan fingerprint density at radius 1 is 0.913 bits per heavy atom. The van der Waals surface area contributed by atoms with Gasteiger partial charge >= 0.3 is 0 Å². The van der Waals surface area contributed by atoms with Gasteiger partial charge in [-0.1, -0.05) is 29.0 Å². The van der Waals surface area contributed by atoms with E-state index in [9.17, 15) is 0 Å². The van der Waals surface area contributed by atoms with Crippen LogP contribution in [-0.2, 0) is 0 Å². The summed E-state index contributed by atoms with van der Waals surface area (Å²) in [6.45, 7) is 8.04. The van der Waals surface area contributed by atoms with Crippen molar-refractivity contribution in [3.63, 3.8) is 0 Å². The van der Waals surface area contributed by atoms with Crippen LogP contribution in [0.25, 0.3) is 0 Å². The Labute approximate surface area is 142 Å². The molecule has 1 aliphatic rings. The Morgan fingerprint density at radius 3 is 2.30 bits per heavy atom. The Hall–Kier alpha value is -2.07. The number of nitrogens with zero attached hydrogens (tertiary/aromatic N) is 4. The van der Waals surface area contributed by atoms with Gasteiger partial charge in [0.05, 0.1) is 18.8 Å². The van der Waals surface area contributed by atoms with E-state index in [2.05, 4.69) is 47.3 Å². The van der Waals surface area contributed by atoms with E-state index in [0.717, 1.165) is 31.9 Å². The van der Waals surface area contributed by atoms with E-state index in [1.807, 2.05) is 29.3 Å². The van der Waals surface area contributed by atoms with Gasteiger partial charge in [0.1, 0.15) is 0 Å². The van der Waals surface area contributed by atoms with Crippen LogP contribution in [0.4, 0.5) is 11.4 Å². The summed E-state index contributed by atoms with van der Waals surface area (Å²) < 4.78 is 0. The number of halogens is 1. The van der Waals surface area contributed by atoms with Crippen LogP contribution in [0.5, 0.6) is 0 Å². The first-order chi connectivity index (χ1) is 11.1. The van der Waals surface area contributed by atoms with Crippen molar-refractivity contribution in [2.75, 3.05) is 31.1 Å². The zero-order chi connectivity index (χ0) is 16.2. The third-order valence-electron chi connectivity index (χ3n) is 4.29. The highest BCUT2D eigenvalue weighted by atomic mass is 35.5. The van der Waals surface area contributed by atoms with Gasteiger partial charge in [0.25, 0.3) is 0 Å². The molecular formula is C18H21ClN4. The van der Waals surface area contributed by atoms with E-state index in [1.165, 1.54) is 16.8 Å². The van der Waals surface area contributed by atoms with Gasteiger partial charge in [-0.15, -0.1) is 5.11 Å². The molecule has 1 aliphatic heterocycles. The van der Waals surface area contributed by atoms with E-state index in [4.69, 9.17) is 11.6 Å². The summed E-state index contributed by atoms with van der Waals surface area (Å²) >= 11 is 5.87. The molecule has 0 aliphatic carbocycles. The molecule has 0 unspecified atom stereocenters. The molecule has 2 aromatic rings. The molecule has 0 bridgehead atoms. The summed E-state index contributed by atoms with van der Waals surface area (Å²) in [4.78, 5) is 2.43. The average molecular weight is 329 g/mol. The SMILES string of the molecule is Cc1cccc(N2CCN(/N=N/c3ccc(Cl)cc3)CC2)c1C. The monoisotopic (exact) mass is 328 g/mol. The van der Waals surface area contributed by atoms with E-state index in [-0.39, 0.29) is 0 Å². The van der Waals surface area contributed by atoms with Crippen LogP contribution in [0.1, 0.15) is 11.1 Å². The van der Waals surface area contributed by atoms with Gasteiger partial charge in [-0.3, -0.25) is 5.01 Å². The molecule has 5 heteroatoms. The van der Waals surface area contributed by atoms with Crippen molar-refractivity contribution >= 4 is 23.0 Å².